The predicted octanol–water partition coefficient (Wildman–Crippen LogP) is 2.43. The molecule has 7 heteroatoms. The van der Waals surface area contributed by atoms with Crippen LogP contribution in [0.1, 0.15) is 51.3 Å². The zero-order valence-corrected chi connectivity index (χ0v) is 14.1. The second kappa shape index (κ2) is 6.31. The summed E-state index contributed by atoms with van der Waals surface area (Å²) in [5, 5.41) is 3.23. The van der Waals surface area contributed by atoms with Crippen molar-refractivity contribution in [3.05, 3.63) is 16.0 Å². The highest BCUT2D eigenvalue weighted by Gasteiger charge is 2.33. The lowest BCUT2D eigenvalue weighted by Gasteiger charge is -2.14. The van der Waals surface area contributed by atoms with Crippen LogP contribution in [0.25, 0.3) is 0 Å². The van der Waals surface area contributed by atoms with Crippen molar-refractivity contribution < 1.29 is 19.1 Å². The van der Waals surface area contributed by atoms with Crippen LogP contribution < -0.4 is 5.32 Å². The van der Waals surface area contributed by atoms with E-state index in [2.05, 4.69) is 5.32 Å². The second-order valence-electron chi connectivity index (χ2n) is 6.01. The Morgan fingerprint density at radius 2 is 1.87 bits per heavy atom. The topological polar surface area (TPSA) is 75.7 Å². The van der Waals surface area contributed by atoms with E-state index in [4.69, 9.17) is 4.74 Å². The minimum atomic E-state index is -0.523. The zero-order valence-electron chi connectivity index (χ0n) is 13.3. The average Bonchev–Trinajstić information content (AvgIpc) is 3.15. The predicted molar refractivity (Wildman–Crippen MR) is 86.9 cm³/mol. The fourth-order valence-corrected chi connectivity index (χ4v) is 3.94. The number of methoxy groups -OCH3 is 1. The summed E-state index contributed by atoms with van der Waals surface area (Å²) in [5.74, 6) is -0.649. The normalized spacial score (nSPS) is 17.2. The molecule has 2 aliphatic rings. The molecule has 23 heavy (non-hydrogen) atoms. The van der Waals surface area contributed by atoms with Crippen LogP contribution in [0.3, 0.4) is 0 Å². The largest absolute Gasteiger partial charge is 0.465 e. The highest BCUT2D eigenvalue weighted by molar-refractivity contribution is 7.18. The van der Waals surface area contributed by atoms with Crippen LogP contribution in [0.2, 0.25) is 0 Å². The highest BCUT2D eigenvalue weighted by atomic mass is 32.1. The number of carbonyl (C=O) groups excluding carboxylic acids is 3. The van der Waals surface area contributed by atoms with Gasteiger partial charge in [0.2, 0.25) is 5.91 Å². The summed E-state index contributed by atoms with van der Waals surface area (Å²) in [4.78, 5) is 39.1. The lowest BCUT2D eigenvalue weighted by molar-refractivity contribution is -0.117. The van der Waals surface area contributed by atoms with Gasteiger partial charge >= 0.3 is 5.97 Å². The lowest BCUT2D eigenvalue weighted by Crippen LogP contribution is -2.27. The Morgan fingerprint density at radius 1 is 1.22 bits per heavy atom. The standard InChI is InChI=1S/C16H20N2O4S/c1-9-11(16(21)22-2)14(17-13(19)10-5-6-10)23-12(9)15(20)18-7-3-4-8-18/h10H,3-8H2,1-2H3,(H,17,19). The molecule has 0 spiro atoms. The molecule has 1 aromatic rings. The molecule has 0 atom stereocenters. The van der Waals surface area contributed by atoms with E-state index >= 15 is 0 Å². The van der Waals surface area contributed by atoms with Crippen LogP contribution in [0.5, 0.6) is 0 Å². The van der Waals surface area contributed by atoms with Crippen molar-refractivity contribution in [2.24, 2.45) is 5.92 Å². The van der Waals surface area contributed by atoms with Gasteiger partial charge in [0.25, 0.3) is 5.91 Å². The maximum atomic E-state index is 12.6. The zero-order chi connectivity index (χ0) is 16.6. The molecule has 1 saturated heterocycles. The van der Waals surface area contributed by atoms with Crippen LogP contribution >= 0.6 is 11.3 Å². The number of rotatable bonds is 4. The number of likely N-dealkylation sites (tertiary alicyclic amines) is 1. The van der Waals surface area contributed by atoms with Gasteiger partial charge in [0, 0.05) is 19.0 Å². The summed E-state index contributed by atoms with van der Waals surface area (Å²) in [6.07, 6.45) is 3.77. The third kappa shape index (κ3) is 3.10. The Hall–Kier alpha value is -1.89. The molecule has 2 amide bonds. The molecule has 2 heterocycles. The van der Waals surface area contributed by atoms with Gasteiger partial charge < -0.3 is 15.0 Å². The number of nitrogens with one attached hydrogen (secondary N) is 1. The summed E-state index contributed by atoms with van der Waals surface area (Å²) in [6.45, 7) is 3.22. The van der Waals surface area contributed by atoms with Crippen LogP contribution in [-0.2, 0) is 9.53 Å². The Bertz CT molecular complexity index is 657. The van der Waals surface area contributed by atoms with Crippen molar-refractivity contribution in [2.45, 2.75) is 32.6 Å². The van der Waals surface area contributed by atoms with Gasteiger partial charge in [-0.2, -0.15) is 0 Å². The summed E-state index contributed by atoms with van der Waals surface area (Å²) in [5.41, 5.74) is 0.888. The van der Waals surface area contributed by atoms with Crippen molar-refractivity contribution in [1.29, 1.82) is 0 Å². The molecule has 1 aliphatic carbocycles. The maximum Gasteiger partial charge on any atom is 0.341 e. The van der Waals surface area contributed by atoms with E-state index in [9.17, 15) is 14.4 Å². The summed E-state index contributed by atoms with van der Waals surface area (Å²) >= 11 is 1.17. The van der Waals surface area contributed by atoms with Crippen LogP contribution in [-0.4, -0.2) is 42.9 Å². The lowest BCUT2D eigenvalue weighted by atomic mass is 10.1. The molecule has 0 aromatic carbocycles. The number of thiophene rings is 1. The molecule has 1 aromatic heterocycles. The summed E-state index contributed by atoms with van der Waals surface area (Å²) < 4.78 is 4.83. The SMILES string of the molecule is COC(=O)c1c(NC(=O)C2CC2)sc(C(=O)N2CCCC2)c1C. The number of hydrogen-bond acceptors (Lipinski definition) is 5. The molecule has 0 unspecified atom stereocenters. The van der Waals surface area contributed by atoms with E-state index in [1.54, 1.807) is 11.8 Å². The summed E-state index contributed by atoms with van der Waals surface area (Å²) in [7, 11) is 1.30. The molecule has 3 rings (SSSR count). The van der Waals surface area contributed by atoms with Gasteiger partial charge in [0.1, 0.15) is 5.00 Å². The number of amides is 2. The molecule has 1 saturated carbocycles. The van der Waals surface area contributed by atoms with Crippen molar-refractivity contribution in [2.75, 3.05) is 25.5 Å². The van der Waals surface area contributed by atoms with Crippen molar-refractivity contribution in [3.8, 4) is 0 Å². The van der Waals surface area contributed by atoms with E-state index in [1.807, 2.05) is 0 Å². The second-order valence-corrected chi connectivity index (χ2v) is 7.04. The Morgan fingerprint density at radius 3 is 2.43 bits per heavy atom. The third-order valence-electron chi connectivity index (χ3n) is 4.31. The van der Waals surface area contributed by atoms with E-state index in [-0.39, 0.29) is 17.7 Å². The Balaban J connectivity index is 1.93. The number of carbonyl (C=O) groups is 3. The minimum absolute atomic E-state index is 0.0284. The van der Waals surface area contributed by atoms with Gasteiger partial charge in [-0.05, 0) is 38.2 Å². The van der Waals surface area contributed by atoms with E-state index in [1.165, 1.54) is 18.4 Å². The van der Waals surface area contributed by atoms with Gasteiger partial charge in [-0.3, -0.25) is 9.59 Å². The van der Waals surface area contributed by atoms with Crippen LogP contribution in [0.15, 0.2) is 0 Å². The molecule has 1 aliphatic heterocycles. The highest BCUT2D eigenvalue weighted by Crippen LogP contribution is 2.37. The number of nitrogens with zero attached hydrogens (tertiary/aromatic N) is 1. The van der Waals surface area contributed by atoms with E-state index < -0.39 is 5.97 Å². The quantitative estimate of drug-likeness (QED) is 0.857. The van der Waals surface area contributed by atoms with Gasteiger partial charge in [0.15, 0.2) is 0 Å². The van der Waals surface area contributed by atoms with Gasteiger partial charge in [-0.1, -0.05) is 0 Å². The van der Waals surface area contributed by atoms with Gasteiger partial charge in [0.05, 0.1) is 17.6 Å². The molecule has 1 N–H and O–H groups in total. The molecular formula is C16H20N2O4S. The first-order valence-electron chi connectivity index (χ1n) is 7.84. The maximum absolute atomic E-state index is 12.6. The Labute approximate surface area is 138 Å². The monoisotopic (exact) mass is 336 g/mol. The number of ether oxygens (including phenoxy) is 1. The number of esters is 1. The number of anilines is 1. The molecule has 2 fully saturated rings. The van der Waals surface area contributed by atoms with Crippen LogP contribution in [0.4, 0.5) is 5.00 Å². The first-order valence-corrected chi connectivity index (χ1v) is 8.66. The fraction of sp³-hybridized carbons (Fsp3) is 0.562. The smallest absolute Gasteiger partial charge is 0.341 e. The molecular weight excluding hydrogens is 316 g/mol. The fourth-order valence-electron chi connectivity index (χ4n) is 2.78. The Kier molecular flexibility index (Phi) is 4.39. The van der Waals surface area contributed by atoms with Crippen molar-refractivity contribution in [3.63, 3.8) is 0 Å². The van der Waals surface area contributed by atoms with Crippen molar-refractivity contribution in [1.82, 2.24) is 4.90 Å². The molecule has 6 nitrogen and oxygen atoms in total. The third-order valence-corrected chi connectivity index (χ3v) is 5.50. The van der Waals surface area contributed by atoms with E-state index in [0.29, 0.717) is 21.0 Å². The average molecular weight is 336 g/mol. The first kappa shape index (κ1) is 16.0. The molecule has 0 bridgehead atoms. The minimum Gasteiger partial charge on any atom is -0.465 e. The first-order chi connectivity index (χ1) is 11.0. The van der Waals surface area contributed by atoms with Gasteiger partial charge in [-0.15, -0.1) is 11.3 Å². The van der Waals surface area contributed by atoms with Crippen LogP contribution in [0, 0.1) is 12.8 Å². The van der Waals surface area contributed by atoms with E-state index in [0.717, 1.165) is 38.8 Å². The van der Waals surface area contributed by atoms with Crippen molar-refractivity contribution >= 4 is 34.1 Å². The molecule has 0 radical (unpaired) electrons. The number of hydrogen-bond donors (Lipinski definition) is 1. The summed E-state index contributed by atoms with van der Waals surface area (Å²) in [6, 6.07) is 0. The molecule has 124 valence electrons. The van der Waals surface area contributed by atoms with Gasteiger partial charge in [-0.25, -0.2) is 4.79 Å².